The molecule has 0 aliphatic rings. The Morgan fingerprint density at radius 2 is 0.319 bits per heavy atom. The summed E-state index contributed by atoms with van der Waals surface area (Å²) < 4.78 is 5.34. The van der Waals surface area contributed by atoms with Crippen LogP contribution in [0.3, 0.4) is 0 Å². The molecule has 0 aliphatic heterocycles. The van der Waals surface area contributed by atoms with E-state index >= 15 is 0 Å². The quantitative estimate of drug-likeness (QED) is 0.0668. The van der Waals surface area contributed by atoms with Crippen LogP contribution in [0.25, 0.3) is 133 Å². The Morgan fingerprint density at radius 3 is 0.540 bits per heavy atom. The summed E-state index contributed by atoms with van der Waals surface area (Å²) in [6.07, 6.45) is 9.69. The monoisotopic (exact) mass is 1540 g/mol. The van der Waals surface area contributed by atoms with Gasteiger partial charge < -0.3 is 0 Å². The molecule has 0 saturated heterocycles. The second kappa shape index (κ2) is 29.9. The van der Waals surface area contributed by atoms with Crippen molar-refractivity contribution in [1.82, 2.24) is 0 Å². The van der Waals surface area contributed by atoms with Crippen molar-refractivity contribution in [2.45, 2.75) is 0 Å². The Hall–Kier alpha value is -13.8. The summed E-state index contributed by atoms with van der Waals surface area (Å²) in [7, 11) is 0. The zero-order valence-corrected chi connectivity index (χ0v) is 65.2. The van der Waals surface area contributed by atoms with E-state index in [9.17, 15) is 0 Å². The van der Waals surface area contributed by atoms with Crippen LogP contribution in [0, 0.1) is 0 Å². The third kappa shape index (κ3) is 13.2. The van der Waals surface area contributed by atoms with Gasteiger partial charge in [0.05, 0.1) is 0 Å². The molecule has 0 N–H and O–H groups in total. The van der Waals surface area contributed by atoms with Gasteiger partial charge >= 0.3 is 669 Å². The molecule has 528 valence electrons. The Labute approximate surface area is 663 Å². The van der Waals surface area contributed by atoms with Gasteiger partial charge in [-0.05, 0) is 0 Å². The van der Waals surface area contributed by atoms with Crippen molar-refractivity contribution >= 4 is 165 Å². The van der Waals surface area contributed by atoms with Gasteiger partial charge in [-0.1, -0.05) is 0 Å². The molecule has 20 aromatic rings. The van der Waals surface area contributed by atoms with Crippen LogP contribution in [0.5, 0.6) is 0 Å². The first-order valence-electron chi connectivity index (χ1n) is 39.1. The molecule has 0 heterocycles. The van der Waals surface area contributed by atoms with Gasteiger partial charge in [0.15, 0.2) is 0 Å². The fourth-order valence-electron chi connectivity index (χ4n) is 17.5. The Balaban J connectivity index is 0.838. The zero-order valence-electron chi connectivity index (χ0n) is 62.4. The maximum absolute atomic E-state index is 4.83. The molecule has 0 saturated carbocycles. The zero-order chi connectivity index (χ0) is 75.0. The van der Waals surface area contributed by atoms with E-state index in [1.807, 2.05) is 0 Å². The van der Waals surface area contributed by atoms with Crippen molar-refractivity contribution in [3.63, 3.8) is 0 Å². The number of rotatable bonds is 16. The van der Waals surface area contributed by atoms with Gasteiger partial charge in [-0.15, -0.1) is 0 Å². The molecule has 0 unspecified atom stereocenters. The Kier molecular flexibility index (Phi) is 18.1. The van der Waals surface area contributed by atoms with Crippen LogP contribution in [0.2, 0.25) is 0 Å². The molecule has 0 radical (unpaired) electrons. The van der Waals surface area contributed by atoms with E-state index in [1.54, 1.807) is 0 Å². The van der Waals surface area contributed by atoms with Crippen LogP contribution in [0.1, 0.15) is 66.8 Å². The SMILES string of the molecule is C(=C(/c1cc[c]([Sn]([c]2ccc(/C(=C\c3cccc4ccccc34)c3ccc4ccccc4c3)cc2)([c]2ccc(/C(=C\c3cccc4ccccc34)c3ccc4ccccc4c3)cc2)[c]2ccc(/C(=C\c3cccc4ccccc34)c3ccc4ccccc4c3)cc2)cc1)c1ccc2ccccc2c1)/c1cccc2ccccc12. The van der Waals surface area contributed by atoms with Gasteiger partial charge in [0, 0.05) is 0 Å². The van der Waals surface area contributed by atoms with E-state index in [1.165, 1.54) is 123 Å². The maximum atomic E-state index is 2.52. The van der Waals surface area contributed by atoms with Crippen LogP contribution in [0.4, 0.5) is 0 Å². The topological polar surface area (TPSA) is 0 Å². The summed E-state index contributed by atoms with van der Waals surface area (Å²) >= 11 is -4.83. The standard InChI is InChI=1S/4C28H19.Sn/c4*1-2-10-23(11-3-1)28(26-18-17-21-9-4-5-13-24(21)19-26)20-25-15-8-14-22-12-6-7-16-27(22)25;/h4*2-20H;/b4*28-20+;. The van der Waals surface area contributed by atoms with Crippen molar-refractivity contribution in [2.24, 2.45) is 0 Å². The van der Waals surface area contributed by atoms with E-state index in [0.717, 1.165) is 66.8 Å². The van der Waals surface area contributed by atoms with Crippen LogP contribution < -0.4 is 14.3 Å². The molecule has 0 aromatic heterocycles. The van der Waals surface area contributed by atoms with E-state index in [4.69, 9.17) is 0 Å². The second-order valence-electron chi connectivity index (χ2n) is 29.8. The summed E-state index contributed by atoms with van der Waals surface area (Å²) in [6, 6.07) is 164. The van der Waals surface area contributed by atoms with Crippen LogP contribution >= 0.6 is 0 Å². The van der Waals surface area contributed by atoms with E-state index < -0.39 is 18.4 Å². The third-order valence-corrected chi connectivity index (χ3v) is 36.9. The number of hydrogen-bond donors (Lipinski definition) is 0. The van der Waals surface area contributed by atoms with Crippen LogP contribution in [0.15, 0.2) is 437 Å². The molecule has 20 aromatic carbocycles. The molecule has 0 aliphatic carbocycles. The van der Waals surface area contributed by atoms with Gasteiger partial charge in [0.1, 0.15) is 0 Å². The van der Waals surface area contributed by atoms with Crippen LogP contribution in [-0.2, 0) is 0 Å². The molecule has 0 bridgehead atoms. The third-order valence-electron chi connectivity index (χ3n) is 23.3. The predicted octanol–water partition coefficient (Wildman–Crippen LogP) is 26.6. The molecule has 0 amide bonds. The molecule has 0 atom stereocenters. The first-order valence-corrected chi connectivity index (χ1v) is 44.9. The first-order chi connectivity index (χ1) is 55.9. The summed E-state index contributed by atoms with van der Waals surface area (Å²) in [5, 5.41) is 19.4. The van der Waals surface area contributed by atoms with Crippen LogP contribution in [-0.4, -0.2) is 18.4 Å². The summed E-state index contributed by atoms with van der Waals surface area (Å²) in [6.45, 7) is 0. The molecule has 0 fully saturated rings. The van der Waals surface area contributed by atoms with Crippen molar-refractivity contribution in [1.29, 1.82) is 0 Å². The molecular weight excluding hydrogens is 1460 g/mol. The average molecular weight is 1540 g/mol. The summed E-state index contributed by atoms with van der Waals surface area (Å²) in [5.41, 5.74) is 18.6. The minimum atomic E-state index is -4.83. The summed E-state index contributed by atoms with van der Waals surface area (Å²) in [5.74, 6) is 0. The van der Waals surface area contributed by atoms with Crippen molar-refractivity contribution in [2.75, 3.05) is 0 Å². The Bertz CT molecular complexity index is 6300. The molecule has 0 spiro atoms. The number of fused-ring (bicyclic) bond motifs is 8. The van der Waals surface area contributed by atoms with Gasteiger partial charge in [0.2, 0.25) is 0 Å². The normalized spacial score (nSPS) is 12.5. The first kappa shape index (κ1) is 68.5. The van der Waals surface area contributed by atoms with E-state index in [2.05, 4.69) is 461 Å². The molecule has 113 heavy (non-hydrogen) atoms. The fraction of sp³-hybridized carbons (Fsp3) is 0. The Morgan fingerprint density at radius 1 is 0.142 bits per heavy atom. The number of benzene rings is 20. The minimum absolute atomic E-state index is 1.15. The molecule has 1 heteroatoms. The fourth-order valence-corrected chi connectivity index (χ4v) is 30.8. The van der Waals surface area contributed by atoms with Gasteiger partial charge in [-0.3, -0.25) is 0 Å². The van der Waals surface area contributed by atoms with Gasteiger partial charge in [-0.25, -0.2) is 0 Å². The van der Waals surface area contributed by atoms with Gasteiger partial charge in [0.25, 0.3) is 0 Å². The van der Waals surface area contributed by atoms with Crippen molar-refractivity contribution in [3.8, 4) is 0 Å². The van der Waals surface area contributed by atoms with Gasteiger partial charge in [-0.2, -0.15) is 0 Å². The number of hydrogen-bond acceptors (Lipinski definition) is 0. The van der Waals surface area contributed by atoms with Crippen molar-refractivity contribution < 1.29 is 0 Å². The average Bonchev–Trinajstić information content (AvgIpc) is 0.724. The predicted molar refractivity (Wildman–Crippen MR) is 490 cm³/mol. The van der Waals surface area contributed by atoms with E-state index in [-0.39, 0.29) is 0 Å². The van der Waals surface area contributed by atoms with E-state index in [0.29, 0.717) is 0 Å². The molecule has 20 rings (SSSR count). The summed E-state index contributed by atoms with van der Waals surface area (Å²) in [4.78, 5) is 0. The molecule has 0 nitrogen and oxygen atoms in total. The van der Waals surface area contributed by atoms with Crippen molar-refractivity contribution in [3.05, 3.63) is 504 Å². The molecular formula is C112H76Sn. The second-order valence-corrected chi connectivity index (χ2v) is 40.7.